The third-order valence-electron chi connectivity index (χ3n) is 4.26. The number of thioether (sulfide) groups is 1. The number of nitrogens with one attached hydrogen (secondary N) is 1. The summed E-state index contributed by atoms with van der Waals surface area (Å²) in [6.45, 7) is 2.04. The normalized spacial score (nSPS) is 17.9. The first-order valence-corrected chi connectivity index (χ1v) is 9.91. The summed E-state index contributed by atoms with van der Waals surface area (Å²) in [5, 5.41) is 3.06. The number of aromatic nitrogens is 1. The van der Waals surface area contributed by atoms with E-state index in [1.807, 2.05) is 36.9 Å². The standard InChI is InChI=1S/C20H24N2O2S/c1-15(7-8-16-5-3-2-4-6-16)22-20(23)17-9-11-21-19(13-17)24-18-10-12-25-14-18/h2-6,9,11,13,15,18H,7-8,10,12,14H2,1H3,(H,22,23). The predicted molar refractivity (Wildman–Crippen MR) is 102 cm³/mol. The molecule has 2 unspecified atom stereocenters. The number of ether oxygens (including phenoxy) is 1. The molecule has 1 aliphatic heterocycles. The van der Waals surface area contributed by atoms with Crippen LogP contribution in [0.15, 0.2) is 48.7 Å². The van der Waals surface area contributed by atoms with E-state index in [9.17, 15) is 4.79 Å². The molecule has 1 aromatic heterocycles. The first kappa shape index (κ1) is 17.8. The van der Waals surface area contributed by atoms with Gasteiger partial charge in [-0.15, -0.1) is 0 Å². The van der Waals surface area contributed by atoms with E-state index < -0.39 is 0 Å². The van der Waals surface area contributed by atoms with Gasteiger partial charge in [-0.25, -0.2) is 4.98 Å². The zero-order valence-electron chi connectivity index (χ0n) is 14.5. The molecule has 2 heterocycles. The zero-order valence-corrected chi connectivity index (χ0v) is 15.3. The summed E-state index contributed by atoms with van der Waals surface area (Å²) in [4.78, 5) is 16.7. The lowest BCUT2D eigenvalue weighted by atomic mass is 10.1. The van der Waals surface area contributed by atoms with Crippen LogP contribution in [-0.2, 0) is 6.42 Å². The summed E-state index contributed by atoms with van der Waals surface area (Å²) >= 11 is 1.89. The molecule has 0 radical (unpaired) electrons. The predicted octanol–water partition coefficient (Wildman–Crippen LogP) is 3.72. The number of aryl methyl sites for hydroxylation is 1. The number of pyridine rings is 1. The van der Waals surface area contributed by atoms with Crippen molar-refractivity contribution >= 4 is 17.7 Å². The molecule has 2 aromatic rings. The first-order chi connectivity index (χ1) is 12.2. The first-order valence-electron chi connectivity index (χ1n) is 8.76. The third-order valence-corrected chi connectivity index (χ3v) is 5.39. The second-order valence-corrected chi connectivity index (χ2v) is 7.53. The molecule has 1 aliphatic rings. The summed E-state index contributed by atoms with van der Waals surface area (Å²) in [6, 6.07) is 13.9. The lowest BCUT2D eigenvalue weighted by Crippen LogP contribution is -2.33. The van der Waals surface area contributed by atoms with Crippen LogP contribution in [0.25, 0.3) is 0 Å². The molecule has 132 valence electrons. The molecule has 3 rings (SSSR count). The van der Waals surface area contributed by atoms with Gasteiger partial charge in [0.15, 0.2) is 0 Å². The Morgan fingerprint density at radius 2 is 2.20 bits per heavy atom. The Morgan fingerprint density at radius 1 is 1.36 bits per heavy atom. The van der Waals surface area contributed by atoms with Crippen LogP contribution < -0.4 is 10.1 Å². The number of carbonyl (C=O) groups excluding carboxylic acids is 1. The Labute approximate surface area is 153 Å². The molecule has 5 heteroatoms. The number of hydrogen-bond acceptors (Lipinski definition) is 4. The largest absolute Gasteiger partial charge is 0.473 e. The second-order valence-electron chi connectivity index (χ2n) is 6.38. The summed E-state index contributed by atoms with van der Waals surface area (Å²) in [5.74, 6) is 2.59. The summed E-state index contributed by atoms with van der Waals surface area (Å²) in [7, 11) is 0. The fraction of sp³-hybridized carbons (Fsp3) is 0.400. The van der Waals surface area contributed by atoms with E-state index in [0.717, 1.165) is 30.8 Å². The Morgan fingerprint density at radius 3 is 2.96 bits per heavy atom. The Hall–Kier alpha value is -2.01. The topological polar surface area (TPSA) is 51.2 Å². The molecule has 1 N–H and O–H groups in total. The van der Waals surface area contributed by atoms with E-state index in [0.29, 0.717) is 11.4 Å². The third kappa shape index (κ3) is 5.49. The maximum absolute atomic E-state index is 12.5. The van der Waals surface area contributed by atoms with Crippen LogP contribution in [-0.4, -0.2) is 34.5 Å². The highest BCUT2D eigenvalue weighted by Gasteiger charge is 2.18. The number of nitrogens with zero attached hydrogens (tertiary/aromatic N) is 1. The number of benzene rings is 1. The van der Waals surface area contributed by atoms with Crippen molar-refractivity contribution in [3.8, 4) is 5.88 Å². The summed E-state index contributed by atoms with van der Waals surface area (Å²) in [5.41, 5.74) is 1.89. The average Bonchev–Trinajstić information content (AvgIpc) is 3.14. The van der Waals surface area contributed by atoms with Gasteiger partial charge in [0.25, 0.3) is 5.91 Å². The van der Waals surface area contributed by atoms with Crippen molar-refractivity contribution < 1.29 is 9.53 Å². The van der Waals surface area contributed by atoms with Gasteiger partial charge in [-0.2, -0.15) is 11.8 Å². The Balaban J connectivity index is 1.51. The monoisotopic (exact) mass is 356 g/mol. The maximum atomic E-state index is 12.5. The van der Waals surface area contributed by atoms with Gasteiger partial charge < -0.3 is 10.1 Å². The van der Waals surface area contributed by atoms with E-state index in [-0.39, 0.29) is 18.1 Å². The minimum atomic E-state index is -0.0754. The minimum absolute atomic E-state index is 0.0754. The van der Waals surface area contributed by atoms with Crippen molar-refractivity contribution in [1.82, 2.24) is 10.3 Å². The maximum Gasteiger partial charge on any atom is 0.251 e. The Kier molecular flexibility index (Phi) is 6.34. The van der Waals surface area contributed by atoms with Crippen LogP contribution >= 0.6 is 11.8 Å². The van der Waals surface area contributed by atoms with Crippen LogP contribution in [0.2, 0.25) is 0 Å². The fourth-order valence-corrected chi connectivity index (χ4v) is 3.89. The van der Waals surface area contributed by atoms with Crippen molar-refractivity contribution in [2.24, 2.45) is 0 Å². The van der Waals surface area contributed by atoms with E-state index in [2.05, 4.69) is 22.4 Å². The van der Waals surface area contributed by atoms with Gasteiger partial charge in [0.2, 0.25) is 5.88 Å². The van der Waals surface area contributed by atoms with Crippen molar-refractivity contribution in [1.29, 1.82) is 0 Å². The van der Waals surface area contributed by atoms with Gasteiger partial charge in [0.05, 0.1) is 0 Å². The summed E-state index contributed by atoms with van der Waals surface area (Å²) < 4.78 is 5.86. The van der Waals surface area contributed by atoms with Gasteiger partial charge >= 0.3 is 0 Å². The quantitative estimate of drug-likeness (QED) is 0.821. The molecule has 4 nitrogen and oxygen atoms in total. The highest BCUT2D eigenvalue weighted by molar-refractivity contribution is 7.99. The van der Waals surface area contributed by atoms with E-state index in [1.165, 1.54) is 5.56 Å². The number of hydrogen-bond donors (Lipinski definition) is 1. The van der Waals surface area contributed by atoms with Crippen molar-refractivity contribution in [2.75, 3.05) is 11.5 Å². The van der Waals surface area contributed by atoms with Gasteiger partial charge in [-0.3, -0.25) is 4.79 Å². The van der Waals surface area contributed by atoms with Gasteiger partial charge in [0, 0.05) is 29.6 Å². The van der Waals surface area contributed by atoms with Gasteiger partial charge in [-0.05, 0) is 43.6 Å². The lowest BCUT2D eigenvalue weighted by molar-refractivity contribution is 0.0937. The van der Waals surface area contributed by atoms with E-state index in [1.54, 1.807) is 18.3 Å². The Bertz CT molecular complexity index is 687. The molecule has 0 aliphatic carbocycles. The molecule has 1 fully saturated rings. The molecule has 0 bridgehead atoms. The molecule has 1 saturated heterocycles. The van der Waals surface area contributed by atoms with Crippen LogP contribution in [0.4, 0.5) is 0 Å². The number of rotatable bonds is 7. The van der Waals surface area contributed by atoms with Gasteiger partial charge in [-0.1, -0.05) is 30.3 Å². The van der Waals surface area contributed by atoms with E-state index >= 15 is 0 Å². The van der Waals surface area contributed by atoms with Gasteiger partial charge in [0.1, 0.15) is 6.10 Å². The molecular weight excluding hydrogens is 332 g/mol. The molecule has 2 atom stereocenters. The highest BCUT2D eigenvalue weighted by Crippen LogP contribution is 2.22. The molecule has 1 aromatic carbocycles. The molecule has 25 heavy (non-hydrogen) atoms. The molecule has 0 saturated carbocycles. The van der Waals surface area contributed by atoms with Crippen LogP contribution in [0, 0.1) is 0 Å². The SMILES string of the molecule is CC(CCc1ccccc1)NC(=O)c1ccnc(OC2CCSC2)c1. The second kappa shape index (κ2) is 8.90. The van der Waals surface area contributed by atoms with Crippen molar-refractivity contribution in [3.05, 3.63) is 59.8 Å². The highest BCUT2D eigenvalue weighted by atomic mass is 32.2. The molecule has 0 spiro atoms. The van der Waals surface area contributed by atoms with Crippen molar-refractivity contribution in [2.45, 2.75) is 38.3 Å². The van der Waals surface area contributed by atoms with Crippen LogP contribution in [0.5, 0.6) is 5.88 Å². The average molecular weight is 356 g/mol. The van der Waals surface area contributed by atoms with Crippen LogP contribution in [0.3, 0.4) is 0 Å². The summed E-state index contributed by atoms with van der Waals surface area (Å²) in [6.07, 6.45) is 4.75. The number of carbonyl (C=O) groups is 1. The van der Waals surface area contributed by atoms with E-state index in [4.69, 9.17) is 4.74 Å². The smallest absolute Gasteiger partial charge is 0.251 e. The zero-order chi connectivity index (χ0) is 17.5. The fourth-order valence-electron chi connectivity index (χ4n) is 2.80. The molecule has 1 amide bonds. The van der Waals surface area contributed by atoms with Crippen LogP contribution in [0.1, 0.15) is 35.7 Å². The number of amides is 1. The minimum Gasteiger partial charge on any atom is -0.473 e. The molecular formula is C20H24N2O2S. The van der Waals surface area contributed by atoms with Crippen molar-refractivity contribution in [3.63, 3.8) is 0 Å². The lowest BCUT2D eigenvalue weighted by Gasteiger charge is -2.15.